The van der Waals surface area contributed by atoms with Gasteiger partial charge in [-0.25, -0.2) is 0 Å². The molecular formula is C30H38IrNO2-. The molecule has 185 valence electrons. The number of allylic oxidation sites excluding steroid dienone is 2. The summed E-state index contributed by atoms with van der Waals surface area (Å²) in [5.74, 6) is 0.104. The summed E-state index contributed by atoms with van der Waals surface area (Å²) in [7, 11) is 0. The number of aliphatic hydroxyl groups is 1. The van der Waals surface area contributed by atoms with Crippen LogP contribution >= 0.6 is 0 Å². The number of pyridine rings is 1. The molecule has 0 saturated heterocycles. The quantitative estimate of drug-likeness (QED) is 0.176. The van der Waals surface area contributed by atoms with Gasteiger partial charge in [0.05, 0.1) is 0 Å². The van der Waals surface area contributed by atoms with Crippen LogP contribution in [0.25, 0.3) is 22.0 Å². The molecule has 0 spiro atoms. The molecular weight excluding hydrogens is 599 g/mol. The van der Waals surface area contributed by atoms with Gasteiger partial charge in [-0.15, -0.1) is 34.4 Å². The minimum absolute atomic E-state index is 0. The summed E-state index contributed by atoms with van der Waals surface area (Å²) in [5, 5.41) is 12.0. The van der Waals surface area contributed by atoms with E-state index < -0.39 is 5.41 Å². The Bertz CT molecular complexity index is 1170. The van der Waals surface area contributed by atoms with Crippen molar-refractivity contribution in [3.8, 4) is 11.3 Å². The number of aryl methyl sites for hydroxylation is 3. The van der Waals surface area contributed by atoms with Crippen molar-refractivity contribution >= 4 is 16.6 Å². The molecule has 0 saturated carbocycles. The van der Waals surface area contributed by atoms with E-state index in [-0.39, 0.29) is 37.1 Å². The Balaban J connectivity index is 0.000000364. The summed E-state index contributed by atoms with van der Waals surface area (Å²) in [6, 6.07) is 14.1. The van der Waals surface area contributed by atoms with E-state index in [9.17, 15) is 9.90 Å². The number of rotatable bonds is 2. The molecule has 0 amide bonds. The third-order valence-electron chi connectivity index (χ3n) is 5.86. The molecule has 1 heterocycles. The van der Waals surface area contributed by atoms with E-state index in [2.05, 4.69) is 69.1 Å². The summed E-state index contributed by atoms with van der Waals surface area (Å²) in [6.07, 6.45) is 3.29. The van der Waals surface area contributed by atoms with E-state index >= 15 is 0 Å². The molecule has 4 heteroatoms. The molecule has 1 N–H and O–H groups in total. The Labute approximate surface area is 219 Å². The minimum Gasteiger partial charge on any atom is -0.512 e. The third kappa shape index (κ3) is 7.35. The van der Waals surface area contributed by atoms with E-state index in [4.69, 9.17) is 0 Å². The van der Waals surface area contributed by atoms with Gasteiger partial charge in [0, 0.05) is 43.2 Å². The summed E-state index contributed by atoms with van der Waals surface area (Å²) in [4.78, 5) is 16.1. The van der Waals surface area contributed by atoms with Crippen molar-refractivity contribution < 1.29 is 30.0 Å². The number of fused-ring (bicyclic) bond motifs is 1. The predicted octanol–water partition coefficient (Wildman–Crippen LogP) is 8.02. The van der Waals surface area contributed by atoms with Gasteiger partial charge >= 0.3 is 0 Å². The van der Waals surface area contributed by atoms with E-state index in [1.807, 2.05) is 47.7 Å². The van der Waals surface area contributed by atoms with Crippen molar-refractivity contribution in [1.29, 1.82) is 0 Å². The number of benzene rings is 2. The number of carbonyl (C=O) groups excluding carboxylic acids is 1. The molecule has 0 aliphatic carbocycles. The van der Waals surface area contributed by atoms with Crippen molar-refractivity contribution in [2.75, 3.05) is 0 Å². The molecule has 3 aromatic rings. The molecule has 0 aliphatic heterocycles. The number of hydrogen-bond donors (Lipinski definition) is 1. The van der Waals surface area contributed by atoms with Crippen LogP contribution < -0.4 is 0 Å². The van der Waals surface area contributed by atoms with Crippen LogP contribution in [0.2, 0.25) is 0 Å². The predicted molar refractivity (Wildman–Crippen MR) is 140 cm³/mol. The van der Waals surface area contributed by atoms with Gasteiger partial charge in [0.15, 0.2) is 5.78 Å². The van der Waals surface area contributed by atoms with Crippen molar-refractivity contribution in [2.45, 2.75) is 69.2 Å². The molecule has 3 nitrogen and oxygen atoms in total. The molecule has 3 rings (SSSR count). The van der Waals surface area contributed by atoms with Crippen molar-refractivity contribution in [3.63, 3.8) is 0 Å². The van der Waals surface area contributed by atoms with Gasteiger partial charge in [-0.1, -0.05) is 86.6 Å². The van der Waals surface area contributed by atoms with Gasteiger partial charge in [0.2, 0.25) is 0 Å². The second-order valence-corrected chi connectivity index (χ2v) is 10.8. The monoisotopic (exact) mass is 637 g/mol. The first-order chi connectivity index (χ1) is 15.1. The number of aliphatic hydroxyl groups excluding tert-OH is 1. The number of ketones is 1. The van der Waals surface area contributed by atoms with Crippen LogP contribution in [0.1, 0.15) is 63.8 Å². The zero-order valence-corrected chi connectivity index (χ0v) is 24.6. The number of nitrogens with zero attached hydrogens (tertiary/aromatic N) is 1. The Morgan fingerprint density at radius 2 is 1.47 bits per heavy atom. The topological polar surface area (TPSA) is 50.2 Å². The van der Waals surface area contributed by atoms with Gasteiger partial charge in [-0.2, -0.15) is 0 Å². The molecule has 0 atom stereocenters. The first-order valence-electron chi connectivity index (χ1n) is 11.4. The second-order valence-electron chi connectivity index (χ2n) is 10.8. The SMILES string of the molecule is CC(C)(C)C(=O)/C=C(\O)C(C)(C)C.Cc1[c-]c(-c2ncc(C)c3ccccc23)cc(C)c1C.[Ir]. The van der Waals surface area contributed by atoms with Crippen LogP contribution in [-0.2, 0) is 24.9 Å². The first kappa shape index (κ1) is 29.7. The summed E-state index contributed by atoms with van der Waals surface area (Å²) < 4.78 is 0. The van der Waals surface area contributed by atoms with E-state index in [1.165, 1.54) is 39.1 Å². The maximum absolute atomic E-state index is 11.5. The maximum Gasteiger partial charge on any atom is 0.164 e. The standard InChI is InChI=1S/C19H18N.C11H20O2.Ir/c1-12-9-16(10-13(2)15(12)4)19-18-8-6-5-7-17(18)14(3)11-20-19;1-10(2,3)8(12)7-9(13)11(4,5)6;/h5-9,11H,1-4H3;7,12H,1-6H3;/q-1;;/b;8-7-;. The molecule has 1 aromatic heterocycles. The first-order valence-corrected chi connectivity index (χ1v) is 11.4. The number of hydrogen-bond acceptors (Lipinski definition) is 3. The van der Waals surface area contributed by atoms with E-state index in [0.29, 0.717) is 0 Å². The Hall–Kier alpha value is -2.29. The van der Waals surface area contributed by atoms with Gasteiger partial charge < -0.3 is 10.1 Å². The molecule has 0 fully saturated rings. The fourth-order valence-corrected chi connectivity index (χ4v) is 3.19. The summed E-state index contributed by atoms with van der Waals surface area (Å²) in [5.41, 5.74) is 6.36. The summed E-state index contributed by atoms with van der Waals surface area (Å²) in [6.45, 7) is 19.6. The smallest absolute Gasteiger partial charge is 0.164 e. The Morgan fingerprint density at radius 1 is 0.912 bits per heavy atom. The third-order valence-corrected chi connectivity index (χ3v) is 5.86. The molecule has 0 unspecified atom stereocenters. The molecule has 2 aromatic carbocycles. The van der Waals surface area contributed by atoms with Crippen LogP contribution in [0.3, 0.4) is 0 Å². The second kappa shape index (κ2) is 11.4. The minimum atomic E-state index is -0.417. The Kier molecular flexibility index (Phi) is 9.99. The molecule has 0 aliphatic rings. The normalized spacial score (nSPS) is 12.0. The molecule has 34 heavy (non-hydrogen) atoms. The van der Waals surface area contributed by atoms with Gasteiger partial charge in [-0.05, 0) is 29.0 Å². The van der Waals surface area contributed by atoms with Crippen LogP contribution in [-0.4, -0.2) is 15.9 Å². The summed E-state index contributed by atoms with van der Waals surface area (Å²) >= 11 is 0. The van der Waals surface area contributed by atoms with Gasteiger partial charge in [0.1, 0.15) is 5.76 Å². The fourth-order valence-electron chi connectivity index (χ4n) is 3.19. The van der Waals surface area contributed by atoms with Gasteiger partial charge in [-0.3, -0.25) is 4.79 Å². The van der Waals surface area contributed by atoms with Crippen LogP contribution in [0.15, 0.2) is 48.4 Å². The van der Waals surface area contributed by atoms with Crippen LogP contribution in [0.4, 0.5) is 0 Å². The van der Waals surface area contributed by atoms with Crippen LogP contribution in [0, 0.1) is 44.6 Å². The fraction of sp³-hybridized carbons (Fsp3) is 0.400. The molecule has 0 bridgehead atoms. The van der Waals surface area contributed by atoms with Crippen LogP contribution in [0.5, 0.6) is 0 Å². The zero-order chi connectivity index (χ0) is 25.1. The van der Waals surface area contributed by atoms with Gasteiger partial charge in [0.25, 0.3) is 0 Å². The largest absolute Gasteiger partial charge is 0.512 e. The molecule has 1 radical (unpaired) electrons. The zero-order valence-electron chi connectivity index (χ0n) is 22.2. The maximum atomic E-state index is 11.5. The van der Waals surface area contributed by atoms with E-state index in [1.54, 1.807) is 0 Å². The average molecular weight is 637 g/mol. The number of carbonyl (C=O) groups is 1. The van der Waals surface area contributed by atoms with Crippen molar-refractivity contribution in [3.05, 3.63) is 76.7 Å². The Morgan fingerprint density at radius 3 is 1.97 bits per heavy atom. The van der Waals surface area contributed by atoms with Crippen molar-refractivity contribution in [1.82, 2.24) is 4.98 Å². The number of aromatic nitrogens is 1. The van der Waals surface area contributed by atoms with E-state index in [0.717, 1.165) is 11.3 Å². The van der Waals surface area contributed by atoms with Crippen molar-refractivity contribution in [2.24, 2.45) is 10.8 Å². The average Bonchev–Trinajstić information content (AvgIpc) is 2.71.